The van der Waals surface area contributed by atoms with Gasteiger partial charge in [0.15, 0.2) is 0 Å². The van der Waals surface area contributed by atoms with Gasteiger partial charge in [0.1, 0.15) is 0 Å². The second kappa shape index (κ2) is 3.01. The van der Waals surface area contributed by atoms with Crippen molar-refractivity contribution in [1.29, 1.82) is 0 Å². The fourth-order valence-electron chi connectivity index (χ4n) is 1.40. The summed E-state index contributed by atoms with van der Waals surface area (Å²) in [6.07, 6.45) is 3.82. The molecule has 0 aliphatic carbocycles. The van der Waals surface area contributed by atoms with Crippen LogP contribution in [0, 0.1) is 0 Å². The van der Waals surface area contributed by atoms with Gasteiger partial charge in [-0.1, -0.05) is 0 Å². The van der Waals surface area contributed by atoms with E-state index in [1.165, 1.54) is 0 Å². The number of carbonyl (C=O) groups excluding carboxylic acids is 2. The van der Waals surface area contributed by atoms with Crippen molar-refractivity contribution in [3.63, 3.8) is 0 Å². The van der Waals surface area contributed by atoms with Crippen LogP contribution < -0.4 is 0 Å². The summed E-state index contributed by atoms with van der Waals surface area (Å²) >= 11 is 0. The Bertz CT molecular complexity index is 315. The number of ether oxygens (including phenoxy) is 1. The molecule has 2 heterocycles. The molecule has 1 aliphatic heterocycles. The van der Waals surface area contributed by atoms with Crippen molar-refractivity contribution in [1.82, 2.24) is 10.2 Å². The molecular weight excluding hydrogens is 172 g/mol. The van der Waals surface area contributed by atoms with Gasteiger partial charge in [0.2, 0.25) is 0 Å². The third kappa shape index (κ3) is 1.58. The van der Waals surface area contributed by atoms with Crippen LogP contribution in [0.1, 0.15) is 24.3 Å². The van der Waals surface area contributed by atoms with E-state index in [9.17, 15) is 9.59 Å². The molecule has 1 aromatic rings. The first-order chi connectivity index (χ1) is 6.25. The number of nitrogens with one attached hydrogen (secondary N) is 1. The van der Waals surface area contributed by atoms with Gasteiger partial charge in [0.05, 0.1) is 19.0 Å². The highest BCUT2D eigenvalue weighted by Crippen LogP contribution is 2.26. The molecule has 1 saturated heterocycles. The summed E-state index contributed by atoms with van der Waals surface area (Å²) in [7, 11) is 0. The third-order valence-corrected chi connectivity index (χ3v) is 2.04. The molecule has 0 radical (unpaired) electrons. The summed E-state index contributed by atoms with van der Waals surface area (Å²) < 4.78 is 4.41. The van der Waals surface area contributed by atoms with Gasteiger partial charge < -0.3 is 4.74 Å². The van der Waals surface area contributed by atoms with Gasteiger partial charge in [-0.25, -0.2) is 0 Å². The number of aromatic amines is 1. The Hall–Kier alpha value is -1.65. The molecule has 5 heteroatoms. The predicted molar refractivity (Wildman–Crippen MR) is 41.7 cm³/mol. The largest absolute Gasteiger partial charge is 0.393 e. The van der Waals surface area contributed by atoms with Gasteiger partial charge in [-0.15, -0.1) is 0 Å². The topological polar surface area (TPSA) is 72.0 Å². The average Bonchev–Trinajstić information content (AvgIpc) is 2.53. The van der Waals surface area contributed by atoms with Gasteiger partial charge in [0, 0.05) is 12.1 Å². The molecule has 2 rings (SSSR count). The van der Waals surface area contributed by atoms with E-state index in [0.29, 0.717) is 0 Å². The molecule has 1 aromatic heterocycles. The van der Waals surface area contributed by atoms with Crippen LogP contribution in [0.5, 0.6) is 0 Å². The molecule has 0 atom stereocenters. The number of hydrogen-bond donors (Lipinski definition) is 1. The van der Waals surface area contributed by atoms with Crippen LogP contribution in [-0.4, -0.2) is 22.1 Å². The Morgan fingerprint density at radius 2 is 2.08 bits per heavy atom. The van der Waals surface area contributed by atoms with Gasteiger partial charge in [-0.05, 0) is 5.56 Å². The minimum Gasteiger partial charge on any atom is -0.393 e. The van der Waals surface area contributed by atoms with Crippen LogP contribution in [0.2, 0.25) is 0 Å². The van der Waals surface area contributed by atoms with Crippen LogP contribution in [0.3, 0.4) is 0 Å². The lowest BCUT2D eigenvalue weighted by molar-refractivity contribution is -0.163. The maximum absolute atomic E-state index is 10.9. The van der Waals surface area contributed by atoms with E-state index in [-0.39, 0.29) is 18.8 Å². The molecule has 5 nitrogen and oxygen atoms in total. The number of hydrogen-bond acceptors (Lipinski definition) is 4. The average molecular weight is 180 g/mol. The molecule has 0 unspecified atom stereocenters. The van der Waals surface area contributed by atoms with E-state index in [2.05, 4.69) is 14.9 Å². The zero-order valence-corrected chi connectivity index (χ0v) is 6.82. The van der Waals surface area contributed by atoms with Crippen LogP contribution in [0.25, 0.3) is 0 Å². The fraction of sp³-hybridized carbons (Fsp3) is 0.375. The highest BCUT2D eigenvalue weighted by molar-refractivity contribution is 5.89. The quantitative estimate of drug-likeness (QED) is 0.500. The van der Waals surface area contributed by atoms with Crippen molar-refractivity contribution in [3.05, 3.63) is 18.0 Å². The number of aromatic nitrogens is 2. The summed E-state index contributed by atoms with van der Waals surface area (Å²) in [6.45, 7) is 0. The van der Waals surface area contributed by atoms with Crippen molar-refractivity contribution in [2.24, 2.45) is 0 Å². The number of rotatable bonds is 1. The molecule has 1 N–H and O–H groups in total. The molecule has 0 bridgehead atoms. The molecule has 68 valence electrons. The van der Waals surface area contributed by atoms with E-state index >= 15 is 0 Å². The first-order valence-electron chi connectivity index (χ1n) is 3.98. The standard InChI is InChI=1S/C8H8N2O3/c11-7-1-5(2-8(12)13-7)6-3-9-10-4-6/h3-5H,1-2H2,(H,9,10). The molecule has 0 aromatic carbocycles. The second-order valence-corrected chi connectivity index (χ2v) is 2.98. The first kappa shape index (κ1) is 7.97. The molecule has 0 spiro atoms. The van der Waals surface area contributed by atoms with Crippen molar-refractivity contribution in [3.8, 4) is 0 Å². The van der Waals surface area contributed by atoms with Gasteiger partial charge >= 0.3 is 11.9 Å². The van der Waals surface area contributed by atoms with Gasteiger partial charge in [-0.2, -0.15) is 5.10 Å². The minimum absolute atomic E-state index is 0.0764. The Kier molecular flexibility index (Phi) is 1.84. The Labute approximate surface area is 74.1 Å². The molecule has 13 heavy (non-hydrogen) atoms. The number of cyclic esters (lactones) is 2. The summed E-state index contributed by atoms with van der Waals surface area (Å²) in [6, 6.07) is 0. The maximum atomic E-state index is 10.9. The summed E-state index contributed by atoms with van der Waals surface area (Å²) in [5.74, 6) is -0.989. The Morgan fingerprint density at radius 3 is 2.62 bits per heavy atom. The Balaban J connectivity index is 2.16. The Morgan fingerprint density at radius 1 is 1.38 bits per heavy atom. The lowest BCUT2D eigenvalue weighted by Gasteiger charge is -2.17. The molecule has 1 aliphatic rings. The molecule has 0 saturated carbocycles. The SMILES string of the molecule is O=C1CC(c2cn[nH]c2)CC(=O)O1. The first-order valence-corrected chi connectivity index (χ1v) is 3.98. The molecular formula is C8H8N2O3. The zero-order chi connectivity index (χ0) is 9.26. The van der Waals surface area contributed by atoms with E-state index in [1.807, 2.05) is 0 Å². The fourth-order valence-corrected chi connectivity index (χ4v) is 1.40. The van der Waals surface area contributed by atoms with Crippen molar-refractivity contribution in [2.45, 2.75) is 18.8 Å². The highest BCUT2D eigenvalue weighted by Gasteiger charge is 2.28. The number of esters is 2. The van der Waals surface area contributed by atoms with E-state index < -0.39 is 11.9 Å². The number of nitrogens with zero attached hydrogens (tertiary/aromatic N) is 1. The molecule has 0 amide bonds. The van der Waals surface area contributed by atoms with Crippen molar-refractivity contribution >= 4 is 11.9 Å². The van der Waals surface area contributed by atoms with E-state index in [0.717, 1.165) is 5.56 Å². The van der Waals surface area contributed by atoms with Gasteiger partial charge in [-0.3, -0.25) is 14.7 Å². The monoisotopic (exact) mass is 180 g/mol. The van der Waals surface area contributed by atoms with Crippen LogP contribution in [0.4, 0.5) is 0 Å². The predicted octanol–water partition coefficient (Wildman–Crippen LogP) is 0.357. The lowest BCUT2D eigenvalue weighted by Crippen LogP contribution is -2.23. The summed E-state index contributed by atoms with van der Waals surface area (Å²) in [4.78, 5) is 21.8. The van der Waals surface area contributed by atoms with Crippen LogP contribution in [0.15, 0.2) is 12.4 Å². The second-order valence-electron chi connectivity index (χ2n) is 2.98. The van der Waals surface area contributed by atoms with Crippen molar-refractivity contribution < 1.29 is 14.3 Å². The number of H-pyrrole nitrogens is 1. The lowest BCUT2D eigenvalue weighted by atomic mass is 9.94. The highest BCUT2D eigenvalue weighted by atomic mass is 16.6. The summed E-state index contributed by atoms with van der Waals surface area (Å²) in [5, 5.41) is 6.40. The van der Waals surface area contributed by atoms with E-state index in [4.69, 9.17) is 0 Å². The third-order valence-electron chi connectivity index (χ3n) is 2.04. The zero-order valence-electron chi connectivity index (χ0n) is 6.82. The normalized spacial score (nSPS) is 18.8. The summed E-state index contributed by atoms with van der Waals surface area (Å²) in [5.41, 5.74) is 0.880. The van der Waals surface area contributed by atoms with Crippen LogP contribution >= 0.6 is 0 Å². The van der Waals surface area contributed by atoms with Crippen molar-refractivity contribution in [2.75, 3.05) is 0 Å². The molecule has 1 fully saturated rings. The minimum atomic E-state index is -0.456. The van der Waals surface area contributed by atoms with Gasteiger partial charge in [0.25, 0.3) is 0 Å². The van der Waals surface area contributed by atoms with E-state index in [1.54, 1.807) is 12.4 Å². The maximum Gasteiger partial charge on any atom is 0.314 e. The smallest absolute Gasteiger partial charge is 0.314 e. The van der Waals surface area contributed by atoms with Crippen LogP contribution in [-0.2, 0) is 14.3 Å². The number of carbonyl (C=O) groups is 2.